The van der Waals surface area contributed by atoms with Crippen molar-refractivity contribution in [1.82, 2.24) is 0 Å². The molecule has 62 valence electrons. The van der Waals surface area contributed by atoms with E-state index in [2.05, 4.69) is 0 Å². The van der Waals surface area contributed by atoms with Crippen LogP contribution in [0.3, 0.4) is 0 Å². The molecule has 10 heavy (non-hydrogen) atoms. The van der Waals surface area contributed by atoms with Gasteiger partial charge in [-0.15, -0.1) is 0 Å². The van der Waals surface area contributed by atoms with E-state index in [-0.39, 0.29) is 6.10 Å². The summed E-state index contributed by atoms with van der Waals surface area (Å²) in [5.41, 5.74) is 0. The van der Waals surface area contributed by atoms with Gasteiger partial charge in [0.05, 0.1) is 13.2 Å². The zero-order valence-corrected chi connectivity index (χ0v) is 6.92. The second-order valence-corrected chi connectivity index (χ2v) is 1.97. The van der Waals surface area contributed by atoms with Crippen molar-refractivity contribution in [2.75, 3.05) is 34.0 Å². The molecule has 0 aliphatic carbocycles. The van der Waals surface area contributed by atoms with Gasteiger partial charge in [0.25, 0.3) is 0 Å². The lowest BCUT2D eigenvalue weighted by Crippen LogP contribution is -2.23. The van der Waals surface area contributed by atoms with Crippen molar-refractivity contribution in [3.63, 3.8) is 0 Å². The smallest absolute Gasteiger partial charge is 0.104 e. The molecule has 0 aliphatic heterocycles. The summed E-state index contributed by atoms with van der Waals surface area (Å²) >= 11 is 0. The van der Waals surface area contributed by atoms with Crippen LogP contribution in [-0.2, 0) is 14.2 Å². The van der Waals surface area contributed by atoms with Gasteiger partial charge in [0.2, 0.25) is 0 Å². The maximum absolute atomic E-state index is 5.13. The highest BCUT2D eigenvalue weighted by atomic mass is 16.5. The number of methoxy groups -OCH3 is 2. The Morgan fingerprint density at radius 1 is 1.20 bits per heavy atom. The van der Waals surface area contributed by atoms with Crippen molar-refractivity contribution in [1.29, 1.82) is 0 Å². The predicted octanol–water partition coefficient (Wildman–Crippen LogP) is 0.684. The second kappa shape index (κ2) is 6.99. The van der Waals surface area contributed by atoms with Gasteiger partial charge >= 0.3 is 0 Å². The number of rotatable bonds is 6. The van der Waals surface area contributed by atoms with Crippen LogP contribution >= 0.6 is 0 Å². The lowest BCUT2D eigenvalue weighted by molar-refractivity contribution is -0.0276. The van der Waals surface area contributed by atoms with Gasteiger partial charge in [0, 0.05) is 20.8 Å². The molecule has 0 rings (SSSR count). The van der Waals surface area contributed by atoms with E-state index in [4.69, 9.17) is 14.2 Å². The van der Waals surface area contributed by atoms with E-state index in [1.165, 1.54) is 0 Å². The van der Waals surface area contributed by atoms with Crippen molar-refractivity contribution in [3.05, 3.63) is 0 Å². The van der Waals surface area contributed by atoms with Gasteiger partial charge in [-0.2, -0.15) is 0 Å². The van der Waals surface area contributed by atoms with Crippen LogP contribution in [0.25, 0.3) is 0 Å². The topological polar surface area (TPSA) is 27.7 Å². The monoisotopic (exact) mass is 148 g/mol. The molecule has 0 N–H and O–H groups in total. The Kier molecular flexibility index (Phi) is 6.91. The van der Waals surface area contributed by atoms with Crippen LogP contribution < -0.4 is 0 Å². The Morgan fingerprint density at radius 3 is 2.30 bits per heavy atom. The quantitative estimate of drug-likeness (QED) is 0.554. The van der Waals surface area contributed by atoms with Gasteiger partial charge in [-0.25, -0.2) is 0 Å². The minimum absolute atomic E-state index is 0.0740. The van der Waals surface area contributed by atoms with Gasteiger partial charge in [-0.05, 0) is 6.92 Å². The third kappa shape index (κ3) is 4.73. The largest absolute Gasteiger partial charge is 0.382 e. The van der Waals surface area contributed by atoms with E-state index in [9.17, 15) is 0 Å². The summed E-state index contributed by atoms with van der Waals surface area (Å²) < 4.78 is 15.1. The highest BCUT2D eigenvalue weighted by Gasteiger charge is 2.04. The maximum Gasteiger partial charge on any atom is 0.104 e. The second-order valence-electron chi connectivity index (χ2n) is 1.97. The number of ether oxygens (including phenoxy) is 3. The minimum Gasteiger partial charge on any atom is -0.382 e. The molecule has 0 aliphatic rings. The van der Waals surface area contributed by atoms with Crippen LogP contribution in [0.2, 0.25) is 0 Å². The highest BCUT2D eigenvalue weighted by molar-refractivity contribution is 4.52. The molecule has 0 bridgehead atoms. The van der Waals surface area contributed by atoms with Crippen molar-refractivity contribution < 1.29 is 14.2 Å². The Balaban J connectivity index is 3.21. The molecular weight excluding hydrogens is 132 g/mol. The Labute approximate surface area is 62.3 Å². The first-order valence-electron chi connectivity index (χ1n) is 3.44. The normalized spacial score (nSPS) is 13.5. The van der Waals surface area contributed by atoms with Crippen molar-refractivity contribution in [3.8, 4) is 0 Å². The van der Waals surface area contributed by atoms with Crippen molar-refractivity contribution in [2.45, 2.75) is 13.0 Å². The van der Waals surface area contributed by atoms with Gasteiger partial charge in [-0.3, -0.25) is 0 Å². The average molecular weight is 148 g/mol. The van der Waals surface area contributed by atoms with Gasteiger partial charge < -0.3 is 14.2 Å². The van der Waals surface area contributed by atoms with E-state index in [1.54, 1.807) is 14.2 Å². The third-order valence-electron chi connectivity index (χ3n) is 1.19. The van der Waals surface area contributed by atoms with Crippen LogP contribution in [0.15, 0.2) is 0 Å². The van der Waals surface area contributed by atoms with Gasteiger partial charge in [0.15, 0.2) is 0 Å². The Hall–Kier alpha value is -0.120. The van der Waals surface area contributed by atoms with Gasteiger partial charge in [-0.1, -0.05) is 0 Å². The molecular formula is C7H16O3. The fourth-order valence-corrected chi connectivity index (χ4v) is 0.619. The van der Waals surface area contributed by atoms with E-state index in [0.29, 0.717) is 13.2 Å². The maximum atomic E-state index is 5.13. The predicted molar refractivity (Wildman–Crippen MR) is 39.2 cm³/mol. The lowest BCUT2D eigenvalue weighted by Gasteiger charge is -2.13. The zero-order valence-electron chi connectivity index (χ0n) is 6.92. The van der Waals surface area contributed by atoms with Crippen LogP contribution in [0, 0.1) is 0 Å². The molecule has 0 fully saturated rings. The molecule has 0 radical (unpaired) electrons. The molecule has 0 spiro atoms. The van der Waals surface area contributed by atoms with Crippen LogP contribution in [0.4, 0.5) is 0 Å². The summed E-state index contributed by atoms with van der Waals surface area (Å²) in [6, 6.07) is 0. The first-order chi connectivity index (χ1) is 4.85. The van der Waals surface area contributed by atoms with Gasteiger partial charge in [0.1, 0.15) is 6.10 Å². The molecule has 0 aromatic heterocycles. The summed E-state index contributed by atoms with van der Waals surface area (Å²) in [7, 11) is 3.31. The number of hydrogen-bond acceptors (Lipinski definition) is 3. The first-order valence-corrected chi connectivity index (χ1v) is 3.44. The molecule has 0 saturated heterocycles. The highest BCUT2D eigenvalue weighted by Crippen LogP contribution is 1.91. The summed E-state index contributed by atoms with van der Waals surface area (Å²) in [5, 5.41) is 0. The fraction of sp³-hybridized carbons (Fsp3) is 1.00. The van der Waals surface area contributed by atoms with E-state index in [1.807, 2.05) is 6.92 Å². The first kappa shape index (κ1) is 9.88. The van der Waals surface area contributed by atoms with Crippen molar-refractivity contribution in [2.24, 2.45) is 0 Å². The summed E-state index contributed by atoms with van der Waals surface area (Å²) in [6.45, 7) is 3.89. The average Bonchev–Trinajstić information content (AvgIpc) is 1.98. The third-order valence-corrected chi connectivity index (χ3v) is 1.19. The lowest BCUT2D eigenvalue weighted by atomic mass is 10.4. The van der Waals surface area contributed by atoms with E-state index < -0.39 is 0 Å². The summed E-state index contributed by atoms with van der Waals surface area (Å²) in [6.07, 6.45) is 0.0740. The van der Waals surface area contributed by atoms with Crippen LogP contribution in [0.5, 0.6) is 0 Å². The molecule has 0 aromatic carbocycles. The van der Waals surface area contributed by atoms with Crippen LogP contribution in [-0.4, -0.2) is 40.1 Å². The van der Waals surface area contributed by atoms with Crippen molar-refractivity contribution >= 4 is 0 Å². The van der Waals surface area contributed by atoms with E-state index >= 15 is 0 Å². The number of hydrogen-bond donors (Lipinski definition) is 0. The molecule has 0 saturated carbocycles. The Morgan fingerprint density at radius 2 is 1.90 bits per heavy atom. The van der Waals surface area contributed by atoms with Crippen LogP contribution in [0.1, 0.15) is 6.92 Å². The molecule has 0 heterocycles. The SMILES string of the molecule is CCOC[C@@H](COC)OC. The molecule has 3 heteroatoms. The van der Waals surface area contributed by atoms with E-state index in [0.717, 1.165) is 6.61 Å². The Bertz CT molecular complexity index is 65.9. The minimum atomic E-state index is 0.0740. The molecule has 3 nitrogen and oxygen atoms in total. The molecule has 0 amide bonds. The zero-order chi connectivity index (χ0) is 7.82. The summed E-state index contributed by atoms with van der Waals surface area (Å²) in [5.74, 6) is 0. The molecule has 0 aromatic rings. The summed E-state index contributed by atoms with van der Waals surface area (Å²) in [4.78, 5) is 0. The fourth-order valence-electron chi connectivity index (χ4n) is 0.619. The molecule has 0 unspecified atom stereocenters. The molecule has 1 atom stereocenters. The standard InChI is InChI=1S/C7H16O3/c1-4-10-6-7(9-3)5-8-2/h7H,4-6H2,1-3H3/t7-/m1/s1.